The van der Waals surface area contributed by atoms with E-state index in [9.17, 15) is 9.59 Å². The number of carbonyl (C=O) groups excluding carboxylic acids is 1. The van der Waals surface area contributed by atoms with E-state index >= 15 is 0 Å². The van der Waals surface area contributed by atoms with Crippen molar-refractivity contribution in [1.29, 1.82) is 0 Å². The number of hydrogen-bond donors (Lipinski definition) is 1. The van der Waals surface area contributed by atoms with Gasteiger partial charge in [-0.05, 0) is 79.7 Å². The molecule has 0 spiro atoms. The van der Waals surface area contributed by atoms with Gasteiger partial charge in [-0.25, -0.2) is 4.79 Å². The third-order valence-corrected chi connectivity index (χ3v) is 8.54. The highest BCUT2D eigenvalue weighted by Crippen LogP contribution is 2.47. The second-order valence-electron chi connectivity index (χ2n) is 10.3. The van der Waals surface area contributed by atoms with Crippen LogP contribution in [0.5, 0.6) is 0 Å². The third-order valence-electron chi connectivity index (χ3n) is 8.54. The van der Waals surface area contributed by atoms with E-state index in [1.54, 1.807) is 28.3 Å². The molecule has 2 atom stereocenters. The number of para-hydroxylation sites is 2. The minimum absolute atomic E-state index is 0.0596. The van der Waals surface area contributed by atoms with Crippen LogP contribution in [-0.2, 0) is 17.8 Å². The summed E-state index contributed by atoms with van der Waals surface area (Å²) >= 11 is 0. The lowest BCUT2D eigenvalue weighted by Crippen LogP contribution is -2.41. The normalized spacial score (nSPS) is 23.1. The smallest absolute Gasteiger partial charge is 0.329 e. The monoisotopic (exact) mass is 458 g/mol. The fraction of sp³-hybridized carbons (Fsp3) is 0.500. The maximum Gasteiger partial charge on any atom is 0.329 e. The summed E-state index contributed by atoms with van der Waals surface area (Å²) in [6.07, 6.45) is 8.39. The summed E-state index contributed by atoms with van der Waals surface area (Å²) < 4.78 is 3.58. The second-order valence-corrected chi connectivity index (χ2v) is 10.3. The second kappa shape index (κ2) is 8.73. The first-order valence-corrected chi connectivity index (χ1v) is 12.9. The molecule has 1 aromatic heterocycles. The molecule has 178 valence electrons. The van der Waals surface area contributed by atoms with E-state index in [0.717, 1.165) is 42.9 Å². The highest BCUT2D eigenvalue weighted by molar-refractivity contribution is 5.80. The number of likely N-dealkylation sites (tertiary alicyclic amines) is 1. The number of amides is 1. The Hall–Kier alpha value is -2.86. The zero-order chi connectivity index (χ0) is 23.2. The largest absolute Gasteiger partial charge is 0.358 e. The molecule has 1 saturated heterocycles. The van der Waals surface area contributed by atoms with Gasteiger partial charge < -0.3 is 5.32 Å². The van der Waals surface area contributed by atoms with Gasteiger partial charge in [-0.15, -0.1) is 0 Å². The number of fused-ring (bicyclic) bond motifs is 1. The standard InChI is InChI=1S/C28H34N4O2/c1-29-26(33)18-31-24-10-2-3-11-25(24)32(28(31)34)21-14-16-30(17-15-21)23-13-12-20-7-4-6-19-8-5-9-22(23)27(19)20/h2-3,5,8-11,20-21,23H,4,6-7,12-18H2,1H3,(H,29,33). The van der Waals surface area contributed by atoms with Crippen LogP contribution in [0.4, 0.5) is 0 Å². The lowest BCUT2D eigenvalue weighted by Gasteiger charge is -2.43. The van der Waals surface area contributed by atoms with Crippen LogP contribution in [0.3, 0.4) is 0 Å². The van der Waals surface area contributed by atoms with E-state index < -0.39 is 0 Å². The van der Waals surface area contributed by atoms with Gasteiger partial charge >= 0.3 is 5.69 Å². The lowest BCUT2D eigenvalue weighted by molar-refractivity contribution is -0.121. The predicted octanol–water partition coefficient (Wildman–Crippen LogP) is 4.14. The van der Waals surface area contributed by atoms with Crippen molar-refractivity contribution in [2.24, 2.45) is 0 Å². The molecule has 1 N–H and O–H groups in total. The number of rotatable bonds is 4. The number of nitrogens with zero attached hydrogens (tertiary/aromatic N) is 3. The molecule has 6 heteroatoms. The molecule has 34 heavy (non-hydrogen) atoms. The average Bonchev–Trinajstić information content (AvgIpc) is 3.16. The SMILES string of the molecule is CNC(=O)Cn1c(=O)n(C2CCN(C3CCC4CCCc5cccc3c54)CC2)c2ccccc21. The van der Waals surface area contributed by atoms with E-state index in [-0.39, 0.29) is 24.2 Å². The van der Waals surface area contributed by atoms with Gasteiger partial charge in [0.15, 0.2) is 0 Å². The fourth-order valence-corrected chi connectivity index (χ4v) is 6.92. The van der Waals surface area contributed by atoms with Crippen molar-refractivity contribution in [3.63, 3.8) is 0 Å². The summed E-state index contributed by atoms with van der Waals surface area (Å²) in [5.74, 6) is 0.611. The summed E-state index contributed by atoms with van der Waals surface area (Å²) in [5.41, 5.74) is 6.54. The van der Waals surface area contributed by atoms with Crippen LogP contribution in [0, 0.1) is 0 Å². The van der Waals surface area contributed by atoms with Crippen molar-refractivity contribution in [3.05, 3.63) is 69.6 Å². The van der Waals surface area contributed by atoms with E-state index in [0.29, 0.717) is 6.04 Å². The molecule has 0 bridgehead atoms. The van der Waals surface area contributed by atoms with Crippen molar-refractivity contribution in [2.45, 2.75) is 69.5 Å². The first kappa shape index (κ1) is 21.7. The molecule has 6 nitrogen and oxygen atoms in total. The highest BCUT2D eigenvalue weighted by atomic mass is 16.2. The zero-order valence-corrected chi connectivity index (χ0v) is 20.0. The van der Waals surface area contributed by atoms with Crippen LogP contribution in [-0.4, -0.2) is 40.1 Å². The zero-order valence-electron chi connectivity index (χ0n) is 20.0. The Labute approximate surface area is 200 Å². The van der Waals surface area contributed by atoms with E-state index in [4.69, 9.17) is 0 Å². The lowest BCUT2D eigenvalue weighted by atomic mass is 9.71. The van der Waals surface area contributed by atoms with Gasteiger partial charge in [-0.3, -0.25) is 18.8 Å². The number of imidazole rings is 1. The fourth-order valence-electron chi connectivity index (χ4n) is 6.92. The Kier molecular flexibility index (Phi) is 5.56. The molecule has 0 saturated carbocycles. The number of nitrogens with one attached hydrogen (secondary N) is 1. The van der Waals surface area contributed by atoms with E-state index in [2.05, 4.69) is 28.4 Å². The van der Waals surface area contributed by atoms with Gasteiger partial charge in [0.25, 0.3) is 0 Å². The molecule has 3 aliphatic rings. The number of aryl methyl sites for hydroxylation is 1. The first-order chi connectivity index (χ1) is 16.7. The number of benzene rings is 2. The summed E-state index contributed by atoms with van der Waals surface area (Å²) in [6, 6.07) is 15.5. The minimum Gasteiger partial charge on any atom is -0.358 e. The van der Waals surface area contributed by atoms with Crippen LogP contribution in [0.1, 0.15) is 73.2 Å². The Morgan fingerprint density at radius 2 is 1.76 bits per heavy atom. The summed E-state index contributed by atoms with van der Waals surface area (Å²) in [5, 5.41) is 2.65. The van der Waals surface area contributed by atoms with Crippen molar-refractivity contribution in [1.82, 2.24) is 19.4 Å². The van der Waals surface area contributed by atoms with Gasteiger partial charge in [0.1, 0.15) is 6.54 Å². The third kappa shape index (κ3) is 3.50. The van der Waals surface area contributed by atoms with Gasteiger partial charge in [-0.2, -0.15) is 0 Å². The van der Waals surface area contributed by atoms with Crippen molar-refractivity contribution in [3.8, 4) is 0 Å². The molecule has 2 unspecified atom stereocenters. The quantitative estimate of drug-likeness (QED) is 0.639. The van der Waals surface area contributed by atoms with Crippen LogP contribution < -0.4 is 11.0 Å². The topological polar surface area (TPSA) is 59.3 Å². The Bertz CT molecular complexity index is 1280. The molecule has 2 heterocycles. The molecule has 1 aliphatic heterocycles. The van der Waals surface area contributed by atoms with Gasteiger partial charge in [0.05, 0.1) is 11.0 Å². The Morgan fingerprint density at radius 1 is 0.971 bits per heavy atom. The van der Waals surface area contributed by atoms with Crippen LogP contribution in [0.15, 0.2) is 47.3 Å². The molecule has 2 aromatic carbocycles. The molecule has 1 fully saturated rings. The average molecular weight is 459 g/mol. The Morgan fingerprint density at radius 3 is 2.56 bits per heavy atom. The van der Waals surface area contributed by atoms with Gasteiger partial charge in [0, 0.05) is 32.2 Å². The van der Waals surface area contributed by atoms with E-state index in [1.807, 2.05) is 28.8 Å². The number of piperidine rings is 1. The van der Waals surface area contributed by atoms with Crippen LogP contribution in [0.2, 0.25) is 0 Å². The molecule has 3 aromatic rings. The minimum atomic E-state index is -0.151. The molecular formula is C28H34N4O2. The van der Waals surface area contributed by atoms with Crippen LogP contribution >= 0.6 is 0 Å². The number of carbonyl (C=O) groups is 1. The number of hydrogen-bond acceptors (Lipinski definition) is 3. The predicted molar refractivity (Wildman–Crippen MR) is 134 cm³/mol. The summed E-state index contributed by atoms with van der Waals surface area (Å²) in [4.78, 5) is 28.2. The molecule has 1 amide bonds. The number of likely N-dealkylation sites (N-methyl/N-ethyl adjacent to an activating group) is 1. The summed E-state index contributed by atoms with van der Waals surface area (Å²) in [6.45, 7) is 2.07. The molecule has 6 rings (SSSR count). The van der Waals surface area contributed by atoms with E-state index in [1.165, 1.54) is 32.1 Å². The molecular weight excluding hydrogens is 424 g/mol. The Balaban J connectivity index is 1.26. The molecule has 2 aliphatic carbocycles. The number of aromatic nitrogens is 2. The van der Waals surface area contributed by atoms with Gasteiger partial charge in [0.2, 0.25) is 5.91 Å². The van der Waals surface area contributed by atoms with Gasteiger partial charge in [-0.1, -0.05) is 30.3 Å². The maximum atomic E-state index is 13.4. The first-order valence-electron chi connectivity index (χ1n) is 12.9. The highest BCUT2D eigenvalue weighted by Gasteiger charge is 2.36. The van der Waals surface area contributed by atoms with Crippen molar-refractivity contribution >= 4 is 16.9 Å². The van der Waals surface area contributed by atoms with Crippen molar-refractivity contribution in [2.75, 3.05) is 20.1 Å². The molecule has 0 radical (unpaired) electrons. The van der Waals surface area contributed by atoms with Crippen molar-refractivity contribution < 1.29 is 4.79 Å². The summed E-state index contributed by atoms with van der Waals surface area (Å²) in [7, 11) is 1.61. The van der Waals surface area contributed by atoms with Crippen LogP contribution in [0.25, 0.3) is 11.0 Å². The maximum absolute atomic E-state index is 13.4.